The second kappa shape index (κ2) is 7.82. The third kappa shape index (κ3) is 3.74. The van der Waals surface area contributed by atoms with Crippen LogP contribution in [0.2, 0.25) is 0 Å². The summed E-state index contributed by atoms with van der Waals surface area (Å²) >= 11 is 0. The van der Waals surface area contributed by atoms with Crippen molar-refractivity contribution in [3.05, 3.63) is 71.3 Å². The largest absolute Gasteiger partial charge is 0.338 e. The van der Waals surface area contributed by atoms with E-state index in [1.54, 1.807) is 24.3 Å². The first-order valence-electron chi connectivity index (χ1n) is 8.62. The third-order valence-electron chi connectivity index (χ3n) is 4.37. The molecule has 2 N–H and O–H groups in total. The van der Waals surface area contributed by atoms with E-state index in [-0.39, 0.29) is 30.4 Å². The Labute approximate surface area is 152 Å². The van der Waals surface area contributed by atoms with E-state index >= 15 is 0 Å². The molecule has 26 heavy (non-hydrogen) atoms. The fraction of sp³-hybridized carbons (Fsp3) is 0.250. The van der Waals surface area contributed by atoms with Crippen molar-refractivity contribution in [2.24, 2.45) is 0 Å². The summed E-state index contributed by atoms with van der Waals surface area (Å²) in [4.78, 5) is 37.7. The van der Waals surface area contributed by atoms with Crippen LogP contribution in [-0.4, -0.2) is 35.8 Å². The minimum atomic E-state index is -0.274. The summed E-state index contributed by atoms with van der Waals surface area (Å²) in [6, 6.07) is 16.1. The summed E-state index contributed by atoms with van der Waals surface area (Å²) < 4.78 is 0. The summed E-state index contributed by atoms with van der Waals surface area (Å²) in [5, 5.41) is 5.62. The number of hydrogen-bond acceptors (Lipinski definition) is 3. The van der Waals surface area contributed by atoms with Gasteiger partial charge < -0.3 is 10.6 Å². The topological polar surface area (TPSA) is 78.5 Å². The van der Waals surface area contributed by atoms with Crippen molar-refractivity contribution in [2.45, 2.75) is 19.4 Å². The van der Waals surface area contributed by atoms with E-state index in [0.29, 0.717) is 24.1 Å². The molecule has 1 aliphatic heterocycles. The standard InChI is InChI=1S/C20H21N3O3/c1-14(15-8-3-2-4-9-15)22-20(26)21-12-7-13-23-18(24)16-10-5-6-11-17(16)19(23)25/h2-6,8-11,14H,7,12-13H2,1H3,(H2,21,22,26). The van der Waals surface area contributed by atoms with Crippen LogP contribution in [-0.2, 0) is 0 Å². The highest BCUT2D eigenvalue weighted by Gasteiger charge is 2.34. The molecular formula is C20H21N3O3. The summed E-state index contributed by atoms with van der Waals surface area (Å²) in [5.41, 5.74) is 1.91. The summed E-state index contributed by atoms with van der Waals surface area (Å²) in [6.07, 6.45) is 0.499. The van der Waals surface area contributed by atoms with Gasteiger partial charge in [0.25, 0.3) is 11.8 Å². The predicted octanol–water partition coefficient (Wildman–Crippen LogP) is 2.73. The second-order valence-corrected chi connectivity index (χ2v) is 6.19. The number of rotatable bonds is 6. The van der Waals surface area contributed by atoms with Crippen LogP contribution in [0.5, 0.6) is 0 Å². The lowest BCUT2D eigenvalue weighted by atomic mass is 10.1. The van der Waals surface area contributed by atoms with Gasteiger partial charge in [0.1, 0.15) is 0 Å². The van der Waals surface area contributed by atoms with E-state index in [2.05, 4.69) is 10.6 Å². The van der Waals surface area contributed by atoms with Crippen LogP contribution in [0.25, 0.3) is 0 Å². The van der Waals surface area contributed by atoms with E-state index in [1.807, 2.05) is 37.3 Å². The average molecular weight is 351 g/mol. The lowest BCUT2D eigenvalue weighted by Gasteiger charge is -2.16. The molecule has 1 heterocycles. The van der Waals surface area contributed by atoms with Crippen LogP contribution in [0.4, 0.5) is 4.79 Å². The van der Waals surface area contributed by atoms with E-state index in [9.17, 15) is 14.4 Å². The van der Waals surface area contributed by atoms with Crippen molar-refractivity contribution in [3.8, 4) is 0 Å². The number of carbonyl (C=O) groups excluding carboxylic acids is 3. The Morgan fingerprint density at radius 2 is 1.54 bits per heavy atom. The molecule has 4 amide bonds. The number of benzene rings is 2. The van der Waals surface area contributed by atoms with Crippen molar-refractivity contribution in [1.29, 1.82) is 0 Å². The van der Waals surface area contributed by atoms with Gasteiger partial charge in [-0.2, -0.15) is 0 Å². The number of carbonyl (C=O) groups is 3. The first-order valence-corrected chi connectivity index (χ1v) is 8.62. The van der Waals surface area contributed by atoms with Gasteiger partial charge in [-0.1, -0.05) is 42.5 Å². The molecule has 2 aromatic carbocycles. The van der Waals surface area contributed by atoms with Crippen molar-refractivity contribution in [2.75, 3.05) is 13.1 Å². The maximum atomic E-state index is 12.2. The zero-order chi connectivity index (χ0) is 18.5. The average Bonchev–Trinajstić information content (AvgIpc) is 2.91. The van der Waals surface area contributed by atoms with Crippen molar-refractivity contribution in [3.63, 3.8) is 0 Å². The van der Waals surface area contributed by atoms with Gasteiger partial charge in [0, 0.05) is 13.1 Å². The highest BCUT2D eigenvalue weighted by atomic mass is 16.2. The molecule has 0 saturated carbocycles. The fourth-order valence-corrected chi connectivity index (χ4v) is 2.95. The maximum absolute atomic E-state index is 12.2. The molecule has 0 saturated heterocycles. The Kier molecular flexibility index (Phi) is 5.31. The quantitative estimate of drug-likeness (QED) is 0.620. The molecule has 0 aromatic heterocycles. The molecule has 2 aromatic rings. The molecule has 1 atom stereocenters. The molecule has 1 aliphatic rings. The lowest BCUT2D eigenvalue weighted by molar-refractivity contribution is 0.0653. The Balaban J connectivity index is 1.43. The summed E-state index contributed by atoms with van der Waals surface area (Å²) in [6.45, 7) is 2.56. The van der Waals surface area contributed by atoms with Crippen LogP contribution in [0.3, 0.4) is 0 Å². The number of amides is 4. The summed E-state index contributed by atoms with van der Waals surface area (Å²) in [5.74, 6) is -0.541. The molecule has 0 fully saturated rings. The Morgan fingerprint density at radius 3 is 2.15 bits per heavy atom. The molecule has 0 spiro atoms. The highest BCUT2D eigenvalue weighted by molar-refractivity contribution is 6.21. The first-order chi connectivity index (χ1) is 12.6. The van der Waals surface area contributed by atoms with Crippen LogP contribution in [0, 0.1) is 0 Å². The highest BCUT2D eigenvalue weighted by Crippen LogP contribution is 2.22. The van der Waals surface area contributed by atoms with E-state index in [1.165, 1.54) is 4.90 Å². The Bertz CT molecular complexity index is 785. The van der Waals surface area contributed by atoms with Crippen LogP contribution >= 0.6 is 0 Å². The predicted molar refractivity (Wildman–Crippen MR) is 97.8 cm³/mol. The van der Waals surface area contributed by atoms with Crippen molar-refractivity contribution < 1.29 is 14.4 Å². The molecule has 6 heteroatoms. The molecule has 1 unspecified atom stereocenters. The van der Waals surface area contributed by atoms with Crippen molar-refractivity contribution >= 4 is 17.8 Å². The minimum Gasteiger partial charge on any atom is -0.338 e. The van der Waals surface area contributed by atoms with Gasteiger partial charge in [-0.05, 0) is 31.0 Å². The van der Waals surface area contributed by atoms with E-state index in [4.69, 9.17) is 0 Å². The number of nitrogens with one attached hydrogen (secondary N) is 2. The fourth-order valence-electron chi connectivity index (χ4n) is 2.95. The Hall–Kier alpha value is -3.15. The minimum absolute atomic E-state index is 0.104. The molecule has 134 valence electrons. The molecule has 0 radical (unpaired) electrons. The van der Waals surface area contributed by atoms with Gasteiger partial charge in [-0.15, -0.1) is 0 Å². The van der Waals surface area contributed by atoms with E-state index in [0.717, 1.165) is 5.56 Å². The zero-order valence-corrected chi connectivity index (χ0v) is 14.6. The number of hydrogen-bond donors (Lipinski definition) is 2. The number of nitrogens with zero attached hydrogens (tertiary/aromatic N) is 1. The van der Waals surface area contributed by atoms with Gasteiger partial charge in [0.05, 0.1) is 17.2 Å². The van der Waals surface area contributed by atoms with Crippen LogP contribution < -0.4 is 10.6 Å². The smallest absolute Gasteiger partial charge is 0.315 e. The van der Waals surface area contributed by atoms with E-state index < -0.39 is 0 Å². The molecule has 0 bridgehead atoms. The monoisotopic (exact) mass is 351 g/mol. The maximum Gasteiger partial charge on any atom is 0.315 e. The molecule has 3 rings (SSSR count). The van der Waals surface area contributed by atoms with Gasteiger partial charge in [0.15, 0.2) is 0 Å². The first kappa shape index (κ1) is 17.7. The molecule has 0 aliphatic carbocycles. The lowest BCUT2D eigenvalue weighted by Crippen LogP contribution is -2.39. The SMILES string of the molecule is CC(NC(=O)NCCCN1C(=O)c2ccccc2C1=O)c1ccccc1. The van der Waals surface area contributed by atoms with Crippen LogP contribution in [0.1, 0.15) is 45.7 Å². The van der Waals surface area contributed by atoms with Gasteiger partial charge in [0.2, 0.25) is 0 Å². The van der Waals surface area contributed by atoms with Gasteiger partial charge in [-0.25, -0.2) is 4.79 Å². The zero-order valence-electron chi connectivity index (χ0n) is 14.6. The number of imide groups is 1. The summed E-state index contributed by atoms with van der Waals surface area (Å²) in [7, 11) is 0. The van der Waals surface area contributed by atoms with Gasteiger partial charge >= 0.3 is 6.03 Å². The van der Waals surface area contributed by atoms with Gasteiger partial charge in [-0.3, -0.25) is 14.5 Å². The number of fused-ring (bicyclic) bond motifs is 1. The molecular weight excluding hydrogens is 330 g/mol. The van der Waals surface area contributed by atoms with Crippen molar-refractivity contribution in [1.82, 2.24) is 15.5 Å². The van der Waals surface area contributed by atoms with Crippen LogP contribution in [0.15, 0.2) is 54.6 Å². The number of urea groups is 1. The normalized spacial score (nSPS) is 14.1. The second-order valence-electron chi connectivity index (χ2n) is 6.19. The molecule has 6 nitrogen and oxygen atoms in total. The Morgan fingerprint density at radius 1 is 0.962 bits per heavy atom. The third-order valence-corrected chi connectivity index (χ3v) is 4.37.